The highest BCUT2D eigenvalue weighted by Gasteiger charge is 2.07. The van der Waals surface area contributed by atoms with Gasteiger partial charge < -0.3 is 20.1 Å². The summed E-state index contributed by atoms with van der Waals surface area (Å²) >= 11 is 0. The van der Waals surface area contributed by atoms with Crippen molar-refractivity contribution in [3.05, 3.63) is 108 Å². The number of hydrogen-bond donors (Lipinski definition) is 4. The van der Waals surface area contributed by atoms with Crippen molar-refractivity contribution in [2.24, 2.45) is 0 Å². The van der Waals surface area contributed by atoms with Gasteiger partial charge in [-0.15, -0.1) is 0 Å². The van der Waals surface area contributed by atoms with Gasteiger partial charge in [0.2, 0.25) is 11.8 Å². The third-order valence-corrected chi connectivity index (χ3v) is 6.25. The van der Waals surface area contributed by atoms with Gasteiger partial charge in [-0.2, -0.15) is 10.2 Å². The van der Waals surface area contributed by atoms with Crippen LogP contribution in [0.1, 0.15) is 11.1 Å². The van der Waals surface area contributed by atoms with Crippen LogP contribution >= 0.6 is 0 Å². The van der Waals surface area contributed by atoms with Gasteiger partial charge in [0, 0.05) is 24.3 Å². The third kappa shape index (κ3) is 7.19. The number of amides is 2. The molecule has 5 rings (SSSR count). The van der Waals surface area contributed by atoms with Crippen molar-refractivity contribution in [3.8, 4) is 34.0 Å². The predicted molar refractivity (Wildman–Crippen MR) is 163 cm³/mol. The molecule has 0 unspecified atom stereocenters. The number of carbonyl (C=O) groups is 2. The Kier molecular flexibility index (Phi) is 8.54. The molecule has 0 bridgehead atoms. The molecule has 5 aromatic rings. The van der Waals surface area contributed by atoms with Gasteiger partial charge in [-0.05, 0) is 82.9 Å². The van der Waals surface area contributed by atoms with E-state index in [0.29, 0.717) is 11.6 Å². The van der Waals surface area contributed by atoms with E-state index in [0.717, 1.165) is 45.1 Å². The highest BCUT2D eigenvalue weighted by atomic mass is 16.5. The molecule has 0 aliphatic heterocycles. The minimum atomic E-state index is -0.308. The molecule has 2 aromatic heterocycles. The number of rotatable bonds is 10. The molecule has 0 atom stereocenters. The van der Waals surface area contributed by atoms with Gasteiger partial charge in [0.15, 0.2) is 11.6 Å². The van der Waals surface area contributed by atoms with Gasteiger partial charge >= 0.3 is 0 Å². The van der Waals surface area contributed by atoms with E-state index in [1.807, 2.05) is 72.8 Å². The third-order valence-electron chi connectivity index (χ3n) is 6.25. The lowest BCUT2D eigenvalue weighted by atomic mass is 10.1. The van der Waals surface area contributed by atoms with Crippen molar-refractivity contribution in [1.29, 1.82) is 0 Å². The molecule has 3 aromatic carbocycles. The maximum atomic E-state index is 12.4. The number of aromatic nitrogens is 4. The van der Waals surface area contributed by atoms with E-state index in [1.165, 1.54) is 12.2 Å². The van der Waals surface area contributed by atoms with Crippen LogP contribution in [0.25, 0.3) is 34.7 Å². The van der Waals surface area contributed by atoms with Crippen molar-refractivity contribution in [2.45, 2.75) is 0 Å². The van der Waals surface area contributed by atoms with Gasteiger partial charge in [-0.3, -0.25) is 19.8 Å². The van der Waals surface area contributed by atoms with Crippen LogP contribution in [0.5, 0.6) is 11.5 Å². The Bertz CT molecular complexity index is 1590. The van der Waals surface area contributed by atoms with Gasteiger partial charge in [0.05, 0.1) is 25.6 Å². The summed E-state index contributed by atoms with van der Waals surface area (Å²) in [6.07, 6.45) is 6.27. The number of methoxy groups -OCH3 is 2. The van der Waals surface area contributed by atoms with Crippen LogP contribution in [0.3, 0.4) is 0 Å². The highest BCUT2D eigenvalue weighted by Crippen LogP contribution is 2.24. The molecule has 0 spiro atoms. The van der Waals surface area contributed by atoms with Gasteiger partial charge in [-0.1, -0.05) is 24.3 Å². The molecule has 42 heavy (non-hydrogen) atoms. The number of nitrogens with one attached hydrogen (secondary N) is 4. The Morgan fingerprint density at radius 3 is 1.36 bits per heavy atom. The number of H-pyrrole nitrogens is 2. The lowest BCUT2D eigenvalue weighted by Crippen LogP contribution is -2.08. The molecule has 0 aliphatic rings. The highest BCUT2D eigenvalue weighted by molar-refractivity contribution is 6.02. The summed E-state index contributed by atoms with van der Waals surface area (Å²) in [4.78, 5) is 24.8. The van der Waals surface area contributed by atoms with E-state index in [-0.39, 0.29) is 11.8 Å². The quantitative estimate of drug-likeness (QED) is 0.160. The van der Waals surface area contributed by atoms with E-state index in [2.05, 4.69) is 31.0 Å². The number of anilines is 2. The summed E-state index contributed by atoms with van der Waals surface area (Å²) in [5.74, 6) is 1.74. The van der Waals surface area contributed by atoms with Crippen LogP contribution in [0.15, 0.2) is 97.1 Å². The summed E-state index contributed by atoms with van der Waals surface area (Å²) in [6, 6.07) is 26.0. The van der Waals surface area contributed by atoms with E-state index >= 15 is 0 Å². The van der Waals surface area contributed by atoms with Gasteiger partial charge in [0.1, 0.15) is 11.5 Å². The number of carbonyl (C=O) groups excluding carboxylic acids is 2. The largest absolute Gasteiger partial charge is 0.497 e. The van der Waals surface area contributed by atoms with Crippen molar-refractivity contribution in [1.82, 2.24) is 20.4 Å². The SMILES string of the molecule is COc1ccc(-c2cc(NC(=O)/C=C/c3ccc(/C=C/C(=O)Nc4cc(-c5ccc(OC)cc5)[nH]n4)cc3)n[nH]2)cc1. The van der Waals surface area contributed by atoms with E-state index in [1.54, 1.807) is 38.5 Å². The number of nitrogens with zero attached hydrogens (tertiary/aromatic N) is 2. The smallest absolute Gasteiger partial charge is 0.249 e. The molecule has 2 heterocycles. The molecule has 0 radical (unpaired) electrons. The Hall–Kier alpha value is -5.90. The average molecular weight is 561 g/mol. The lowest BCUT2D eigenvalue weighted by molar-refractivity contribution is -0.112. The first-order chi connectivity index (χ1) is 20.5. The second-order valence-electron chi connectivity index (χ2n) is 9.10. The summed E-state index contributed by atoms with van der Waals surface area (Å²) < 4.78 is 10.4. The van der Waals surface area contributed by atoms with Crippen molar-refractivity contribution < 1.29 is 19.1 Å². The van der Waals surface area contributed by atoms with Gasteiger partial charge in [0.25, 0.3) is 0 Å². The van der Waals surface area contributed by atoms with Crippen LogP contribution in [0.4, 0.5) is 11.6 Å². The first-order valence-corrected chi connectivity index (χ1v) is 13.0. The Morgan fingerprint density at radius 2 is 1.00 bits per heavy atom. The first-order valence-electron chi connectivity index (χ1n) is 13.0. The number of aromatic amines is 2. The molecule has 10 nitrogen and oxygen atoms in total. The Labute approximate surface area is 242 Å². The average Bonchev–Trinajstić information content (AvgIpc) is 3.69. The van der Waals surface area contributed by atoms with Crippen LogP contribution in [0.2, 0.25) is 0 Å². The van der Waals surface area contributed by atoms with Crippen molar-refractivity contribution in [2.75, 3.05) is 24.9 Å². The second kappa shape index (κ2) is 13.0. The fourth-order valence-corrected chi connectivity index (χ4v) is 4.01. The topological polar surface area (TPSA) is 134 Å². The molecule has 10 heteroatoms. The van der Waals surface area contributed by atoms with Crippen LogP contribution in [-0.2, 0) is 9.59 Å². The summed E-state index contributed by atoms with van der Waals surface area (Å²) in [5, 5.41) is 19.6. The summed E-state index contributed by atoms with van der Waals surface area (Å²) in [7, 11) is 3.23. The zero-order valence-electron chi connectivity index (χ0n) is 22.9. The zero-order valence-corrected chi connectivity index (χ0v) is 22.9. The molecule has 0 saturated heterocycles. The maximum Gasteiger partial charge on any atom is 0.249 e. The lowest BCUT2D eigenvalue weighted by Gasteiger charge is -2.00. The molecular weight excluding hydrogens is 532 g/mol. The summed E-state index contributed by atoms with van der Waals surface area (Å²) in [5.41, 5.74) is 5.05. The van der Waals surface area contributed by atoms with Crippen LogP contribution < -0.4 is 20.1 Å². The minimum absolute atomic E-state index is 0.308. The number of ether oxygens (including phenoxy) is 2. The minimum Gasteiger partial charge on any atom is -0.497 e. The van der Waals surface area contributed by atoms with E-state index in [4.69, 9.17) is 9.47 Å². The standard InChI is InChI=1S/C32H28N6O4/c1-41-25-13-9-23(10-14-25)27-19-29(37-35-27)33-31(39)17-7-21-3-5-22(6-4-21)8-18-32(40)34-30-20-28(36-38-30)24-11-15-26(42-2)16-12-24/h3-20H,1-2H3,(H2,33,35,37,39)(H2,34,36,38,40)/b17-7+,18-8+. The monoisotopic (exact) mass is 560 g/mol. The van der Waals surface area contributed by atoms with Crippen LogP contribution in [0, 0.1) is 0 Å². The molecule has 4 N–H and O–H groups in total. The maximum absolute atomic E-state index is 12.4. The predicted octanol–water partition coefficient (Wildman–Crippen LogP) is 5.79. The molecule has 0 aliphatic carbocycles. The zero-order chi connectivity index (χ0) is 29.3. The second-order valence-corrected chi connectivity index (χ2v) is 9.10. The normalized spacial score (nSPS) is 11.1. The Morgan fingerprint density at radius 1 is 0.619 bits per heavy atom. The van der Waals surface area contributed by atoms with E-state index < -0.39 is 0 Å². The number of hydrogen-bond acceptors (Lipinski definition) is 6. The molecule has 2 amide bonds. The van der Waals surface area contributed by atoms with Gasteiger partial charge in [-0.25, -0.2) is 0 Å². The number of benzene rings is 3. The molecule has 210 valence electrons. The first kappa shape index (κ1) is 27.7. The van der Waals surface area contributed by atoms with E-state index in [9.17, 15) is 9.59 Å². The fourth-order valence-electron chi connectivity index (χ4n) is 4.01. The fraction of sp³-hybridized carbons (Fsp3) is 0.0625. The van der Waals surface area contributed by atoms with Crippen molar-refractivity contribution >= 4 is 35.6 Å². The Balaban J connectivity index is 1.10. The molecule has 0 fully saturated rings. The van der Waals surface area contributed by atoms with Crippen molar-refractivity contribution in [3.63, 3.8) is 0 Å². The molecular formula is C32H28N6O4. The molecule has 0 saturated carbocycles. The summed E-state index contributed by atoms with van der Waals surface area (Å²) in [6.45, 7) is 0. The van der Waals surface area contributed by atoms with Crippen LogP contribution in [-0.4, -0.2) is 46.4 Å².